The molecule has 0 aromatic heterocycles. The van der Waals surface area contributed by atoms with E-state index in [-0.39, 0.29) is 0 Å². The average molecular weight is 460 g/mol. The van der Waals surface area contributed by atoms with E-state index in [1.165, 1.54) is 29.1 Å². The molecule has 2 aromatic rings. The Morgan fingerprint density at radius 2 is 1.28 bits per heavy atom. The molecule has 0 aliphatic carbocycles. The molecule has 0 spiro atoms. The van der Waals surface area contributed by atoms with E-state index < -0.39 is 0 Å². The van der Waals surface area contributed by atoms with Crippen molar-refractivity contribution in [3.63, 3.8) is 0 Å². The molecule has 0 fully saturated rings. The summed E-state index contributed by atoms with van der Waals surface area (Å²) in [5, 5.41) is 2.65. The van der Waals surface area contributed by atoms with Gasteiger partial charge in [0, 0.05) is 7.16 Å². The molecule has 0 unspecified atom stereocenters. The first-order valence-corrected chi connectivity index (χ1v) is 8.01. The molecule has 0 nitrogen and oxygen atoms in total. The van der Waals surface area contributed by atoms with E-state index in [2.05, 4.69) is 108 Å². The Morgan fingerprint density at radius 3 is 1.67 bits per heavy atom. The van der Waals surface area contributed by atoms with Gasteiger partial charge in [0.2, 0.25) is 0 Å². The molecular formula is C16H14I2. The van der Waals surface area contributed by atoms with Crippen molar-refractivity contribution in [1.29, 1.82) is 0 Å². The maximum Gasteiger partial charge on any atom is 0.0166 e. The Kier molecular flexibility index (Phi) is 4.84. The van der Waals surface area contributed by atoms with Crippen LogP contribution in [-0.4, -0.2) is 0 Å². The molecule has 0 heterocycles. The summed E-state index contributed by atoms with van der Waals surface area (Å²) in [6.07, 6.45) is 4.32. The molecule has 0 amide bonds. The fourth-order valence-corrected chi connectivity index (χ4v) is 2.95. The predicted molar refractivity (Wildman–Crippen MR) is 99.3 cm³/mol. The van der Waals surface area contributed by atoms with Crippen LogP contribution in [0.3, 0.4) is 0 Å². The van der Waals surface area contributed by atoms with Crippen molar-refractivity contribution >= 4 is 63.1 Å². The van der Waals surface area contributed by atoms with E-state index in [0.717, 1.165) is 0 Å². The molecule has 2 heteroatoms. The Labute approximate surface area is 135 Å². The maximum absolute atomic E-state index is 2.41. The second-order valence-electron chi connectivity index (χ2n) is 3.98. The third-order valence-electron chi connectivity index (χ3n) is 2.93. The Bertz CT molecular complexity index is 584. The molecule has 92 valence electrons. The van der Waals surface area contributed by atoms with Crippen LogP contribution >= 0.6 is 45.2 Å². The smallest absolute Gasteiger partial charge is 0.0166 e. The highest BCUT2D eigenvalue weighted by Crippen LogP contribution is 2.36. The van der Waals surface area contributed by atoms with Crippen LogP contribution in [0, 0.1) is 0 Å². The number of rotatable bonds is 2. The molecule has 2 aromatic carbocycles. The van der Waals surface area contributed by atoms with E-state index in [1.54, 1.807) is 0 Å². The zero-order valence-corrected chi connectivity index (χ0v) is 14.7. The van der Waals surface area contributed by atoms with Gasteiger partial charge in [-0.15, -0.1) is 0 Å². The van der Waals surface area contributed by atoms with Crippen molar-refractivity contribution in [3.05, 3.63) is 59.7 Å². The SMILES string of the molecule is C/C=C(/I)c1cccc2cccc(/C(I)=C\C)c12. The van der Waals surface area contributed by atoms with E-state index >= 15 is 0 Å². The fraction of sp³-hybridized carbons (Fsp3) is 0.125. The Morgan fingerprint density at radius 1 is 0.833 bits per heavy atom. The fourth-order valence-electron chi connectivity index (χ4n) is 2.05. The summed E-state index contributed by atoms with van der Waals surface area (Å²) < 4.78 is 2.59. The molecule has 0 saturated carbocycles. The summed E-state index contributed by atoms with van der Waals surface area (Å²) in [7, 11) is 0. The first kappa shape index (κ1) is 14.1. The number of fused-ring (bicyclic) bond motifs is 1. The van der Waals surface area contributed by atoms with Gasteiger partial charge in [-0.3, -0.25) is 0 Å². The molecule has 0 aliphatic heterocycles. The summed E-state index contributed by atoms with van der Waals surface area (Å²) in [6, 6.07) is 13.0. The van der Waals surface area contributed by atoms with E-state index in [9.17, 15) is 0 Å². The van der Waals surface area contributed by atoms with Crippen LogP contribution in [0.5, 0.6) is 0 Å². The van der Waals surface area contributed by atoms with Crippen molar-refractivity contribution in [3.8, 4) is 0 Å². The molecule has 2 rings (SSSR count). The number of halogens is 2. The molecular weight excluding hydrogens is 446 g/mol. The van der Waals surface area contributed by atoms with Gasteiger partial charge < -0.3 is 0 Å². The standard InChI is InChI=1S/C16H14I2/c1-3-14(17)12-9-5-7-11-8-6-10-13(16(11)12)15(18)4-2/h3-10H,1-2H3/b14-3+,15-4+. The summed E-state index contributed by atoms with van der Waals surface area (Å²) in [4.78, 5) is 0. The monoisotopic (exact) mass is 460 g/mol. The first-order chi connectivity index (χ1) is 8.69. The van der Waals surface area contributed by atoms with Gasteiger partial charge >= 0.3 is 0 Å². The zero-order chi connectivity index (χ0) is 13.1. The predicted octanol–water partition coefficient (Wildman–Crippen LogP) is 6.43. The molecule has 0 N–H and O–H groups in total. The third kappa shape index (κ3) is 2.64. The lowest BCUT2D eigenvalue weighted by Crippen LogP contribution is -1.87. The van der Waals surface area contributed by atoms with Gasteiger partial charge in [-0.25, -0.2) is 0 Å². The van der Waals surface area contributed by atoms with Crippen LogP contribution in [0.4, 0.5) is 0 Å². The molecule has 0 radical (unpaired) electrons. The minimum atomic E-state index is 1.30. The van der Waals surface area contributed by atoms with E-state index in [1.807, 2.05) is 0 Å². The lowest BCUT2D eigenvalue weighted by molar-refractivity contribution is 1.65. The number of benzene rings is 2. The summed E-state index contributed by atoms with van der Waals surface area (Å²) in [5.74, 6) is 0. The van der Waals surface area contributed by atoms with E-state index in [4.69, 9.17) is 0 Å². The molecule has 0 atom stereocenters. The number of hydrogen-bond acceptors (Lipinski definition) is 0. The van der Waals surface area contributed by atoms with Crippen molar-refractivity contribution in [1.82, 2.24) is 0 Å². The molecule has 0 saturated heterocycles. The van der Waals surface area contributed by atoms with Gasteiger partial charge in [0.05, 0.1) is 0 Å². The van der Waals surface area contributed by atoms with Crippen molar-refractivity contribution in [2.24, 2.45) is 0 Å². The molecule has 0 bridgehead atoms. The van der Waals surface area contributed by atoms with Gasteiger partial charge in [-0.2, -0.15) is 0 Å². The van der Waals surface area contributed by atoms with Crippen molar-refractivity contribution in [2.45, 2.75) is 13.8 Å². The molecule has 0 aliphatic rings. The average Bonchev–Trinajstić information content (AvgIpc) is 2.44. The summed E-state index contributed by atoms with van der Waals surface area (Å²) in [6.45, 7) is 4.17. The number of allylic oxidation sites excluding steroid dienone is 2. The first-order valence-electron chi connectivity index (χ1n) is 5.85. The topological polar surface area (TPSA) is 0 Å². The van der Waals surface area contributed by atoms with Crippen LogP contribution in [0.25, 0.3) is 17.9 Å². The maximum atomic E-state index is 2.41. The normalized spacial score (nSPS) is 13.1. The highest BCUT2D eigenvalue weighted by molar-refractivity contribution is 14.1. The minimum absolute atomic E-state index is 1.30. The number of hydrogen-bond donors (Lipinski definition) is 0. The van der Waals surface area contributed by atoms with Crippen LogP contribution < -0.4 is 0 Å². The molecule has 18 heavy (non-hydrogen) atoms. The van der Waals surface area contributed by atoms with Gasteiger partial charge in [0.25, 0.3) is 0 Å². The zero-order valence-electron chi connectivity index (χ0n) is 10.4. The second-order valence-corrected chi connectivity index (χ2v) is 6.31. The Balaban J connectivity index is 2.89. The van der Waals surface area contributed by atoms with Gasteiger partial charge in [-0.1, -0.05) is 48.6 Å². The van der Waals surface area contributed by atoms with Gasteiger partial charge in [0.1, 0.15) is 0 Å². The van der Waals surface area contributed by atoms with Crippen LogP contribution in [0.2, 0.25) is 0 Å². The lowest BCUT2D eigenvalue weighted by Gasteiger charge is -2.11. The van der Waals surface area contributed by atoms with Gasteiger partial charge in [0.15, 0.2) is 0 Å². The van der Waals surface area contributed by atoms with Crippen LogP contribution in [-0.2, 0) is 0 Å². The second kappa shape index (κ2) is 6.19. The van der Waals surface area contributed by atoms with Crippen molar-refractivity contribution < 1.29 is 0 Å². The third-order valence-corrected chi connectivity index (χ3v) is 5.33. The quantitative estimate of drug-likeness (QED) is 0.454. The van der Waals surface area contributed by atoms with Crippen LogP contribution in [0.15, 0.2) is 48.6 Å². The van der Waals surface area contributed by atoms with E-state index in [0.29, 0.717) is 0 Å². The summed E-state index contributed by atoms with van der Waals surface area (Å²) in [5.41, 5.74) is 2.64. The van der Waals surface area contributed by atoms with Crippen LogP contribution in [0.1, 0.15) is 25.0 Å². The highest BCUT2D eigenvalue weighted by Gasteiger charge is 2.09. The Hall–Kier alpha value is -0.360. The lowest BCUT2D eigenvalue weighted by atomic mass is 9.98. The largest absolute Gasteiger partial charge is 0.0736 e. The van der Waals surface area contributed by atoms with Crippen molar-refractivity contribution in [2.75, 3.05) is 0 Å². The highest BCUT2D eigenvalue weighted by atomic mass is 127. The minimum Gasteiger partial charge on any atom is -0.0736 e. The van der Waals surface area contributed by atoms with Gasteiger partial charge in [-0.05, 0) is 80.9 Å². The summed E-state index contributed by atoms with van der Waals surface area (Å²) >= 11 is 4.82.